The smallest absolute Gasteiger partial charge is 0.272 e. The van der Waals surface area contributed by atoms with Gasteiger partial charge in [0.2, 0.25) is 0 Å². The number of aryl methyl sites for hydroxylation is 1. The van der Waals surface area contributed by atoms with Gasteiger partial charge in [-0.15, -0.1) is 0 Å². The number of hydrogen-bond donors (Lipinski definition) is 1. The zero-order valence-electron chi connectivity index (χ0n) is 12.1. The molecule has 1 atom stereocenters. The minimum atomic E-state index is -3.21. The third-order valence-electron chi connectivity index (χ3n) is 4.07. The van der Waals surface area contributed by atoms with Gasteiger partial charge in [0.05, 0.1) is 23.0 Å². The van der Waals surface area contributed by atoms with E-state index in [9.17, 15) is 21.6 Å². The van der Waals surface area contributed by atoms with Crippen molar-refractivity contribution in [3.8, 4) is 0 Å². The van der Waals surface area contributed by atoms with Gasteiger partial charge in [-0.3, -0.25) is 9.48 Å². The molecule has 0 radical (unpaired) electrons. The molecule has 0 aromatic carbocycles. The predicted octanol–water partition coefficient (Wildman–Crippen LogP) is -1.19. The number of fused-ring (bicyclic) bond motifs is 1. The van der Waals surface area contributed by atoms with Gasteiger partial charge in [0.15, 0.2) is 25.4 Å². The monoisotopic (exact) mass is 347 g/mol. The van der Waals surface area contributed by atoms with Crippen LogP contribution in [0.2, 0.25) is 0 Å². The van der Waals surface area contributed by atoms with Crippen LogP contribution < -0.4 is 5.32 Å². The zero-order valence-corrected chi connectivity index (χ0v) is 13.7. The first-order chi connectivity index (χ1) is 10.2. The normalized spacial score (nSPS) is 25.6. The van der Waals surface area contributed by atoms with Crippen LogP contribution in [0.3, 0.4) is 0 Å². The van der Waals surface area contributed by atoms with Gasteiger partial charge in [0, 0.05) is 30.8 Å². The highest BCUT2D eigenvalue weighted by molar-refractivity contribution is 7.91. The second-order valence-corrected chi connectivity index (χ2v) is 10.2. The van der Waals surface area contributed by atoms with E-state index >= 15 is 0 Å². The number of nitrogens with zero attached hydrogens (tertiary/aromatic N) is 2. The van der Waals surface area contributed by atoms with Crippen molar-refractivity contribution in [3.63, 3.8) is 0 Å². The molecule has 1 aromatic heterocycles. The summed E-state index contributed by atoms with van der Waals surface area (Å²) in [6, 6.07) is -0.435. The van der Waals surface area contributed by atoms with Crippen molar-refractivity contribution in [2.45, 2.75) is 24.6 Å². The molecule has 0 bridgehead atoms. The SMILES string of the molecule is Cn1nc(C(=O)N[C@@H]2CCS(=O)(=O)C2)c2c1CCS(=O)(=O)C2. The lowest BCUT2D eigenvalue weighted by atomic mass is 10.1. The molecule has 1 saturated heterocycles. The number of nitrogens with one attached hydrogen (secondary N) is 1. The fraction of sp³-hybridized carbons (Fsp3) is 0.667. The van der Waals surface area contributed by atoms with Gasteiger partial charge in [0.25, 0.3) is 5.91 Å². The van der Waals surface area contributed by atoms with Gasteiger partial charge in [0.1, 0.15) is 0 Å². The van der Waals surface area contributed by atoms with Crippen LogP contribution in [0.5, 0.6) is 0 Å². The standard InChI is InChI=1S/C12H17N3O5S2/c1-15-10-3-5-22(19,20)7-9(10)11(14-15)12(16)13-8-2-4-21(17,18)6-8/h8H,2-7H2,1H3,(H,13,16)/t8-/m1/s1. The molecule has 0 saturated carbocycles. The molecule has 22 heavy (non-hydrogen) atoms. The number of carbonyl (C=O) groups excluding carboxylic acids is 1. The summed E-state index contributed by atoms with van der Waals surface area (Å²) in [5.41, 5.74) is 1.27. The summed E-state index contributed by atoms with van der Waals surface area (Å²) < 4.78 is 48.0. The van der Waals surface area contributed by atoms with E-state index in [0.29, 0.717) is 18.4 Å². The van der Waals surface area contributed by atoms with Gasteiger partial charge in [-0.1, -0.05) is 0 Å². The van der Waals surface area contributed by atoms with Crippen molar-refractivity contribution in [1.82, 2.24) is 15.1 Å². The molecule has 3 rings (SSSR count). The van der Waals surface area contributed by atoms with Crippen LogP contribution in [-0.4, -0.2) is 55.8 Å². The van der Waals surface area contributed by atoms with Crippen LogP contribution >= 0.6 is 0 Å². The van der Waals surface area contributed by atoms with Crippen molar-refractivity contribution in [1.29, 1.82) is 0 Å². The minimum absolute atomic E-state index is 0.0570. The summed E-state index contributed by atoms with van der Waals surface area (Å²) in [4.78, 5) is 12.3. The fourth-order valence-electron chi connectivity index (χ4n) is 2.96. The van der Waals surface area contributed by atoms with Gasteiger partial charge >= 0.3 is 0 Å². The number of amides is 1. The molecule has 0 unspecified atom stereocenters. The number of carbonyl (C=O) groups is 1. The first-order valence-corrected chi connectivity index (χ1v) is 10.6. The maximum Gasteiger partial charge on any atom is 0.272 e. The number of hydrogen-bond acceptors (Lipinski definition) is 6. The number of sulfone groups is 2. The maximum atomic E-state index is 12.3. The van der Waals surface area contributed by atoms with Gasteiger partial charge < -0.3 is 5.32 Å². The minimum Gasteiger partial charge on any atom is -0.347 e. The van der Waals surface area contributed by atoms with E-state index in [0.717, 1.165) is 5.69 Å². The van der Waals surface area contributed by atoms with Crippen molar-refractivity contribution >= 4 is 25.6 Å². The van der Waals surface area contributed by atoms with Crippen LogP contribution in [0.1, 0.15) is 28.2 Å². The van der Waals surface area contributed by atoms with E-state index in [1.807, 2.05) is 0 Å². The summed E-state index contributed by atoms with van der Waals surface area (Å²) in [5.74, 6) is -0.654. The fourth-order valence-corrected chi connectivity index (χ4v) is 6.02. The number of aromatic nitrogens is 2. The molecule has 3 heterocycles. The zero-order chi connectivity index (χ0) is 16.1. The predicted molar refractivity (Wildman–Crippen MR) is 78.9 cm³/mol. The Morgan fingerprint density at radius 1 is 1.23 bits per heavy atom. The lowest BCUT2D eigenvalue weighted by molar-refractivity contribution is 0.0934. The Balaban J connectivity index is 1.85. The Kier molecular flexibility index (Phi) is 3.55. The molecule has 122 valence electrons. The van der Waals surface area contributed by atoms with E-state index < -0.39 is 31.6 Å². The highest BCUT2D eigenvalue weighted by atomic mass is 32.2. The third-order valence-corrected chi connectivity index (χ3v) is 7.39. The second-order valence-electron chi connectivity index (χ2n) is 5.81. The summed E-state index contributed by atoms with van der Waals surface area (Å²) in [6.45, 7) is 0. The molecule has 2 aliphatic rings. The Labute approximate surface area is 128 Å². The van der Waals surface area contributed by atoms with Crippen LogP contribution in [0, 0.1) is 0 Å². The summed E-state index contributed by atoms with van der Waals surface area (Å²) in [5, 5.41) is 6.78. The molecule has 0 spiro atoms. The Morgan fingerprint density at radius 3 is 2.59 bits per heavy atom. The maximum absolute atomic E-state index is 12.3. The Hall–Kier alpha value is -1.42. The molecule has 1 N–H and O–H groups in total. The summed E-state index contributed by atoms with van der Waals surface area (Å²) >= 11 is 0. The van der Waals surface area contributed by atoms with Crippen LogP contribution in [0.4, 0.5) is 0 Å². The molecule has 10 heteroatoms. The van der Waals surface area contributed by atoms with Crippen molar-refractivity contribution in [2.75, 3.05) is 17.3 Å². The van der Waals surface area contributed by atoms with Crippen molar-refractivity contribution in [3.05, 3.63) is 17.0 Å². The van der Waals surface area contributed by atoms with E-state index in [-0.39, 0.29) is 28.7 Å². The Bertz CT molecular complexity index is 838. The average Bonchev–Trinajstić information content (AvgIpc) is 2.88. The first-order valence-electron chi connectivity index (χ1n) is 6.93. The van der Waals surface area contributed by atoms with E-state index in [2.05, 4.69) is 10.4 Å². The molecule has 1 aromatic rings. The molecule has 1 amide bonds. The number of rotatable bonds is 2. The topological polar surface area (TPSA) is 115 Å². The quantitative estimate of drug-likeness (QED) is 0.719. The summed E-state index contributed by atoms with van der Waals surface area (Å²) in [6.07, 6.45) is 0.716. The lowest BCUT2D eigenvalue weighted by Crippen LogP contribution is -2.36. The second kappa shape index (κ2) is 5.05. The molecule has 8 nitrogen and oxygen atoms in total. The molecule has 2 aliphatic heterocycles. The highest BCUT2D eigenvalue weighted by Crippen LogP contribution is 2.24. The molecular weight excluding hydrogens is 330 g/mol. The summed E-state index contributed by atoms with van der Waals surface area (Å²) in [7, 11) is -4.63. The van der Waals surface area contributed by atoms with Gasteiger partial charge in [-0.2, -0.15) is 5.10 Å². The molecule has 0 aliphatic carbocycles. The average molecular weight is 347 g/mol. The van der Waals surface area contributed by atoms with E-state index in [1.54, 1.807) is 7.05 Å². The Morgan fingerprint density at radius 2 is 1.95 bits per heavy atom. The van der Waals surface area contributed by atoms with Crippen molar-refractivity contribution < 1.29 is 21.6 Å². The van der Waals surface area contributed by atoms with Gasteiger partial charge in [-0.05, 0) is 6.42 Å². The lowest BCUT2D eigenvalue weighted by Gasteiger charge is -2.14. The largest absolute Gasteiger partial charge is 0.347 e. The van der Waals surface area contributed by atoms with Crippen molar-refractivity contribution in [2.24, 2.45) is 7.05 Å². The highest BCUT2D eigenvalue weighted by Gasteiger charge is 2.33. The van der Waals surface area contributed by atoms with Crippen LogP contribution in [0.25, 0.3) is 0 Å². The molecule has 1 fully saturated rings. The van der Waals surface area contributed by atoms with E-state index in [1.165, 1.54) is 4.68 Å². The first kappa shape index (κ1) is 15.5. The molecular formula is C12H17N3O5S2. The third kappa shape index (κ3) is 2.89. The van der Waals surface area contributed by atoms with E-state index in [4.69, 9.17) is 0 Å². The van der Waals surface area contributed by atoms with Gasteiger partial charge in [-0.25, -0.2) is 16.8 Å². The van der Waals surface area contributed by atoms with Crippen LogP contribution in [0.15, 0.2) is 0 Å². The van der Waals surface area contributed by atoms with Crippen LogP contribution in [-0.2, 0) is 38.9 Å².